The quantitative estimate of drug-likeness (QED) is 0.805. The van der Waals surface area contributed by atoms with Crippen LogP contribution in [-0.4, -0.2) is 12.2 Å². The monoisotopic (exact) mass is 211 g/mol. The number of phenols is 1. The van der Waals surface area contributed by atoms with Gasteiger partial charge in [-0.3, -0.25) is 0 Å². The van der Waals surface area contributed by atoms with E-state index in [1.54, 1.807) is 25.2 Å². The molecule has 1 atom stereocenters. The summed E-state index contributed by atoms with van der Waals surface area (Å²) < 4.78 is 13.7. The van der Waals surface area contributed by atoms with Crippen LogP contribution in [0.3, 0.4) is 0 Å². The molecule has 0 radical (unpaired) electrons. The second-order valence-corrected chi connectivity index (χ2v) is 4.26. The summed E-state index contributed by atoms with van der Waals surface area (Å²) in [5.41, 5.74) is -0.0752. The molecule has 15 heavy (non-hydrogen) atoms. The smallest absolute Gasteiger partial charge is 0.130 e. The van der Waals surface area contributed by atoms with Crippen LogP contribution in [-0.2, 0) is 5.67 Å². The Labute approximate surface area is 90.1 Å². The minimum Gasteiger partial charge on any atom is -0.508 e. The van der Waals surface area contributed by atoms with Crippen LogP contribution in [0.15, 0.2) is 18.2 Å². The molecule has 2 N–H and O–H groups in total. The molecular formula is C12H18FNO. The van der Waals surface area contributed by atoms with Gasteiger partial charge in [-0.2, -0.15) is 0 Å². The first-order chi connectivity index (χ1) is 6.86. The fourth-order valence-electron chi connectivity index (χ4n) is 1.43. The van der Waals surface area contributed by atoms with Gasteiger partial charge in [0.25, 0.3) is 0 Å². The van der Waals surface area contributed by atoms with E-state index in [0.717, 1.165) is 5.56 Å². The van der Waals surface area contributed by atoms with Crippen molar-refractivity contribution >= 4 is 0 Å². The molecule has 1 aromatic carbocycles. The van der Waals surface area contributed by atoms with Crippen LogP contribution >= 0.6 is 0 Å². The Balaban J connectivity index is 3.17. The summed E-state index contributed by atoms with van der Waals surface area (Å²) in [6.45, 7) is 4.93. The molecule has 0 spiro atoms. The fourth-order valence-corrected chi connectivity index (χ4v) is 1.43. The number of phenolic OH excluding ortho intramolecular Hbond substituents is 1. The molecule has 0 fully saturated rings. The minimum atomic E-state index is -1.38. The van der Waals surface area contributed by atoms with E-state index < -0.39 is 5.67 Å². The lowest BCUT2D eigenvalue weighted by atomic mass is 9.95. The predicted molar refractivity (Wildman–Crippen MR) is 59.7 cm³/mol. The molecule has 1 rings (SSSR count). The molecule has 0 saturated carbocycles. The van der Waals surface area contributed by atoms with E-state index in [9.17, 15) is 9.50 Å². The summed E-state index contributed by atoms with van der Waals surface area (Å²) in [5.74, 6) is 0.199. The van der Waals surface area contributed by atoms with Gasteiger partial charge in [-0.05, 0) is 45.5 Å². The Bertz CT molecular complexity index is 344. The van der Waals surface area contributed by atoms with Crippen LogP contribution in [0.1, 0.15) is 37.9 Å². The van der Waals surface area contributed by atoms with E-state index in [0.29, 0.717) is 5.56 Å². The van der Waals surface area contributed by atoms with E-state index in [-0.39, 0.29) is 11.8 Å². The highest BCUT2D eigenvalue weighted by Gasteiger charge is 2.21. The average molecular weight is 211 g/mol. The summed E-state index contributed by atoms with van der Waals surface area (Å²) >= 11 is 0. The summed E-state index contributed by atoms with van der Waals surface area (Å²) in [7, 11) is 1.80. The van der Waals surface area contributed by atoms with Gasteiger partial charge in [0.2, 0.25) is 0 Å². The van der Waals surface area contributed by atoms with E-state index in [2.05, 4.69) is 5.32 Å². The van der Waals surface area contributed by atoms with Crippen molar-refractivity contribution in [3.63, 3.8) is 0 Å². The van der Waals surface area contributed by atoms with Crippen molar-refractivity contribution in [3.8, 4) is 5.75 Å². The molecule has 0 aromatic heterocycles. The lowest BCUT2D eigenvalue weighted by Gasteiger charge is -2.19. The molecule has 0 bridgehead atoms. The number of alkyl halides is 1. The molecular weight excluding hydrogens is 193 g/mol. The fraction of sp³-hybridized carbons (Fsp3) is 0.500. The predicted octanol–water partition coefficient (Wildman–Crippen LogP) is 2.88. The molecule has 0 aliphatic carbocycles. The maximum Gasteiger partial charge on any atom is 0.130 e. The van der Waals surface area contributed by atoms with Gasteiger partial charge in [-0.15, -0.1) is 0 Å². The third kappa shape index (κ3) is 2.69. The Morgan fingerprint density at radius 1 is 1.40 bits per heavy atom. The highest BCUT2D eigenvalue weighted by atomic mass is 19.1. The van der Waals surface area contributed by atoms with E-state index in [4.69, 9.17) is 0 Å². The average Bonchev–Trinajstić information content (AvgIpc) is 2.15. The molecule has 0 saturated heterocycles. The lowest BCUT2D eigenvalue weighted by Crippen LogP contribution is -2.15. The second kappa shape index (κ2) is 4.19. The van der Waals surface area contributed by atoms with Gasteiger partial charge >= 0.3 is 0 Å². The SMILES string of the molecule is CNC(C)c1cc(C(C)(C)F)ccc1O. The van der Waals surface area contributed by atoms with Crippen LogP contribution < -0.4 is 5.32 Å². The molecule has 1 unspecified atom stereocenters. The number of hydrogen-bond acceptors (Lipinski definition) is 2. The zero-order valence-corrected chi connectivity index (χ0v) is 9.63. The molecule has 0 amide bonds. The number of nitrogens with one attached hydrogen (secondary N) is 1. The normalized spacial score (nSPS) is 13.9. The molecule has 0 heterocycles. The molecule has 0 aliphatic heterocycles. The Kier molecular flexibility index (Phi) is 3.35. The van der Waals surface area contributed by atoms with Crippen molar-refractivity contribution in [2.45, 2.75) is 32.5 Å². The topological polar surface area (TPSA) is 32.3 Å². The molecule has 1 aromatic rings. The van der Waals surface area contributed by atoms with Crippen molar-refractivity contribution in [1.82, 2.24) is 5.32 Å². The first-order valence-corrected chi connectivity index (χ1v) is 5.06. The van der Waals surface area contributed by atoms with E-state index >= 15 is 0 Å². The zero-order chi connectivity index (χ0) is 11.6. The highest BCUT2D eigenvalue weighted by Crippen LogP contribution is 2.31. The van der Waals surface area contributed by atoms with Crippen molar-refractivity contribution in [1.29, 1.82) is 0 Å². The first-order valence-electron chi connectivity index (χ1n) is 5.06. The van der Waals surface area contributed by atoms with Crippen LogP contribution in [0.25, 0.3) is 0 Å². The molecule has 3 heteroatoms. The standard InChI is InChI=1S/C12H18FNO/c1-8(14-4)10-7-9(12(2,3)13)5-6-11(10)15/h5-8,14-15H,1-4H3. The van der Waals surface area contributed by atoms with Gasteiger partial charge in [-0.25, -0.2) is 4.39 Å². The van der Waals surface area contributed by atoms with Gasteiger partial charge in [0.1, 0.15) is 11.4 Å². The minimum absolute atomic E-state index is 0.00676. The number of aromatic hydroxyl groups is 1. The first kappa shape index (κ1) is 12.0. The summed E-state index contributed by atoms with van der Waals surface area (Å²) in [6.07, 6.45) is 0. The zero-order valence-electron chi connectivity index (χ0n) is 9.63. The van der Waals surface area contributed by atoms with Gasteiger partial charge < -0.3 is 10.4 Å². The summed E-state index contributed by atoms with van der Waals surface area (Å²) in [4.78, 5) is 0. The van der Waals surface area contributed by atoms with Crippen LogP contribution in [0.2, 0.25) is 0 Å². The maximum atomic E-state index is 13.7. The van der Waals surface area contributed by atoms with Gasteiger partial charge in [0.15, 0.2) is 0 Å². The Hall–Kier alpha value is -1.09. The van der Waals surface area contributed by atoms with Gasteiger partial charge in [-0.1, -0.05) is 6.07 Å². The summed E-state index contributed by atoms with van der Waals surface area (Å²) in [5, 5.41) is 12.7. The largest absolute Gasteiger partial charge is 0.508 e. The number of halogens is 1. The van der Waals surface area contributed by atoms with E-state index in [1.807, 2.05) is 6.92 Å². The van der Waals surface area contributed by atoms with Gasteiger partial charge in [0.05, 0.1) is 0 Å². The summed E-state index contributed by atoms with van der Waals surface area (Å²) in [6, 6.07) is 4.87. The highest BCUT2D eigenvalue weighted by molar-refractivity contribution is 5.39. The molecule has 84 valence electrons. The van der Waals surface area contributed by atoms with Crippen molar-refractivity contribution < 1.29 is 9.50 Å². The number of hydrogen-bond donors (Lipinski definition) is 2. The number of rotatable bonds is 3. The number of benzene rings is 1. The van der Waals surface area contributed by atoms with Crippen molar-refractivity contribution in [3.05, 3.63) is 29.3 Å². The van der Waals surface area contributed by atoms with Crippen LogP contribution in [0, 0.1) is 0 Å². The molecule has 2 nitrogen and oxygen atoms in total. The van der Waals surface area contributed by atoms with Gasteiger partial charge in [0, 0.05) is 11.6 Å². The van der Waals surface area contributed by atoms with Crippen LogP contribution in [0.5, 0.6) is 5.75 Å². The maximum absolute atomic E-state index is 13.7. The lowest BCUT2D eigenvalue weighted by molar-refractivity contribution is 0.221. The van der Waals surface area contributed by atoms with Crippen LogP contribution in [0.4, 0.5) is 4.39 Å². The van der Waals surface area contributed by atoms with Crippen molar-refractivity contribution in [2.75, 3.05) is 7.05 Å². The third-order valence-electron chi connectivity index (χ3n) is 2.61. The van der Waals surface area contributed by atoms with Crippen molar-refractivity contribution in [2.24, 2.45) is 0 Å². The van der Waals surface area contributed by atoms with E-state index in [1.165, 1.54) is 13.8 Å². The molecule has 0 aliphatic rings. The Morgan fingerprint density at radius 3 is 2.47 bits per heavy atom. The second-order valence-electron chi connectivity index (χ2n) is 4.26. The third-order valence-corrected chi connectivity index (χ3v) is 2.61. The Morgan fingerprint density at radius 2 is 2.00 bits per heavy atom.